The number of ether oxygens (including phenoxy) is 3. The van der Waals surface area contributed by atoms with Crippen molar-refractivity contribution >= 4 is 27.9 Å². The summed E-state index contributed by atoms with van der Waals surface area (Å²) in [6.07, 6.45) is 3.15. The summed E-state index contributed by atoms with van der Waals surface area (Å²) in [4.78, 5) is 12.3. The summed E-state index contributed by atoms with van der Waals surface area (Å²) in [6.45, 7) is 1.93. The fourth-order valence-corrected chi connectivity index (χ4v) is 3.14. The van der Waals surface area contributed by atoms with Crippen LogP contribution in [-0.4, -0.2) is 27.2 Å². The summed E-state index contributed by atoms with van der Waals surface area (Å²) in [7, 11) is 4.68. The Hall–Kier alpha value is -2.47. The third-order valence-electron chi connectivity index (χ3n) is 3.88. The standard InChI is InChI=1S/C20H22BrNO4/c1-13(15-7-5-6-8-16(15)21)22-20(23)10-9-14-11-18(25-3)19(26-4)12-17(14)24-2/h5-13H,1-4H3,(H,22,23)/b10-9+/t13-/m1/s1. The lowest BCUT2D eigenvalue weighted by atomic mass is 10.1. The molecule has 0 radical (unpaired) electrons. The molecule has 2 aromatic carbocycles. The molecule has 0 bridgehead atoms. The van der Waals surface area contributed by atoms with Gasteiger partial charge in [0.1, 0.15) is 5.75 Å². The van der Waals surface area contributed by atoms with Crippen molar-refractivity contribution in [1.29, 1.82) is 0 Å². The normalized spacial score (nSPS) is 11.9. The maximum atomic E-state index is 12.3. The zero-order valence-corrected chi connectivity index (χ0v) is 16.8. The maximum Gasteiger partial charge on any atom is 0.244 e. The van der Waals surface area contributed by atoms with Crippen LogP contribution in [0.15, 0.2) is 46.9 Å². The molecule has 138 valence electrons. The highest BCUT2D eigenvalue weighted by Crippen LogP contribution is 2.35. The molecular formula is C20H22BrNO4. The number of benzene rings is 2. The number of hydrogen-bond acceptors (Lipinski definition) is 4. The van der Waals surface area contributed by atoms with E-state index in [0.717, 1.165) is 10.0 Å². The van der Waals surface area contributed by atoms with Gasteiger partial charge in [-0.15, -0.1) is 0 Å². The van der Waals surface area contributed by atoms with Crippen molar-refractivity contribution in [3.05, 3.63) is 58.1 Å². The second-order valence-electron chi connectivity index (χ2n) is 5.53. The van der Waals surface area contributed by atoms with Gasteiger partial charge in [0.2, 0.25) is 5.91 Å². The molecule has 0 heterocycles. The molecule has 0 fully saturated rings. The molecule has 2 aromatic rings. The van der Waals surface area contributed by atoms with E-state index < -0.39 is 0 Å². The molecule has 5 nitrogen and oxygen atoms in total. The van der Waals surface area contributed by atoms with Gasteiger partial charge in [-0.05, 0) is 30.7 Å². The minimum Gasteiger partial charge on any atom is -0.496 e. The highest BCUT2D eigenvalue weighted by atomic mass is 79.9. The average Bonchev–Trinajstić information content (AvgIpc) is 2.65. The van der Waals surface area contributed by atoms with Gasteiger partial charge >= 0.3 is 0 Å². The van der Waals surface area contributed by atoms with E-state index in [-0.39, 0.29) is 11.9 Å². The van der Waals surface area contributed by atoms with Crippen LogP contribution >= 0.6 is 15.9 Å². The van der Waals surface area contributed by atoms with Crippen LogP contribution in [0.2, 0.25) is 0 Å². The molecule has 1 amide bonds. The van der Waals surface area contributed by atoms with Crippen LogP contribution in [0.1, 0.15) is 24.1 Å². The van der Waals surface area contributed by atoms with Gasteiger partial charge in [-0.1, -0.05) is 34.1 Å². The van der Waals surface area contributed by atoms with E-state index in [4.69, 9.17) is 14.2 Å². The van der Waals surface area contributed by atoms with Gasteiger partial charge in [0.25, 0.3) is 0 Å². The van der Waals surface area contributed by atoms with Crippen LogP contribution in [0.4, 0.5) is 0 Å². The first-order valence-corrected chi connectivity index (χ1v) is 8.82. The fourth-order valence-electron chi connectivity index (χ4n) is 2.51. The van der Waals surface area contributed by atoms with Crippen molar-refractivity contribution in [2.24, 2.45) is 0 Å². The van der Waals surface area contributed by atoms with Crippen LogP contribution in [0.3, 0.4) is 0 Å². The van der Waals surface area contributed by atoms with E-state index in [1.54, 1.807) is 39.5 Å². The molecule has 2 rings (SSSR count). The van der Waals surface area contributed by atoms with Crippen molar-refractivity contribution < 1.29 is 19.0 Å². The lowest BCUT2D eigenvalue weighted by Gasteiger charge is -2.15. The summed E-state index contributed by atoms with van der Waals surface area (Å²) in [5.74, 6) is 1.51. The Labute approximate surface area is 162 Å². The maximum absolute atomic E-state index is 12.3. The first-order valence-electron chi connectivity index (χ1n) is 8.03. The van der Waals surface area contributed by atoms with Gasteiger partial charge in [-0.25, -0.2) is 0 Å². The summed E-state index contributed by atoms with van der Waals surface area (Å²) in [5.41, 5.74) is 1.73. The highest BCUT2D eigenvalue weighted by molar-refractivity contribution is 9.10. The lowest BCUT2D eigenvalue weighted by Crippen LogP contribution is -2.24. The largest absolute Gasteiger partial charge is 0.496 e. The van der Waals surface area contributed by atoms with Gasteiger partial charge in [0, 0.05) is 22.2 Å². The molecule has 0 unspecified atom stereocenters. The summed E-state index contributed by atoms with van der Waals surface area (Å²) < 4.78 is 16.9. The number of hydrogen-bond donors (Lipinski definition) is 1. The third kappa shape index (κ3) is 4.79. The summed E-state index contributed by atoms with van der Waals surface area (Å²) in [6, 6.07) is 11.1. The number of carbonyl (C=O) groups excluding carboxylic acids is 1. The Bertz CT molecular complexity index is 804. The Kier molecular flexibility index (Phi) is 7.09. The van der Waals surface area contributed by atoms with Crippen LogP contribution in [0.5, 0.6) is 17.2 Å². The molecule has 1 N–H and O–H groups in total. The van der Waals surface area contributed by atoms with Crippen molar-refractivity contribution in [2.45, 2.75) is 13.0 Å². The van der Waals surface area contributed by atoms with Crippen LogP contribution in [-0.2, 0) is 4.79 Å². The van der Waals surface area contributed by atoms with Crippen molar-refractivity contribution in [1.82, 2.24) is 5.32 Å². The summed E-state index contributed by atoms with van der Waals surface area (Å²) >= 11 is 3.50. The highest BCUT2D eigenvalue weighted by Gasteiger charge is 2.12. The Balaban J connectivity index is 2.16. The number of nitrogens with one attached hydrogen (secondary N) is 1. The second-order valence-corrected chi connectivity index (χ2v) is 6.39. The SMILES string of the molecule is COc1cc(OC)c(OC)cc1/C=C/C(=O)N[C@H](C)c1ccccc1Br. The van der Waals surface area contributed by atoms with E-state index in [1.165, 1.54) is 6.08 Å². The minimum atomic E-state index is -0.204. The van der Waals surface area contributed by atoms with Crippen molar-refractivity contribution in [2.75, 3.05) is 21.3 Å². The van der Waals surface area contributed by atoms with Crippen molar-refractivity contribution in [3.8, 4) is 17.2 Å². The first kappa shape index (κ1) is 19.8. The molecule has 0 aliphatic heterocycles. The number of methoxy groups -OCH3 is 3. The van der Waals surface area contributed by atoms with Gasteiger partial charge in [0.05, 0.1) is 27.4 Å². The molecule has 6 heteroatoms. The smallest absolute Gasteiger partial charge is 0.244 e. The molecule has 0 saturated heterocycles. The van der Waals surface area contributed by atoms with Gasteiger partial charge in [-0.2, -0.15) is 0 Å². The minimum absolute atomic E-state index is 0.130. The Morgan fingerprint density at radius 1 is 1.04 bits per heavy atom. The van der Waals surface area contributed by atoms with Gasteiger partial charge in [0.15, 0.2) is 11.5 Å². The summed E-state index contributed by atoms with van der Waals surface area (Å²) in [5, 5.41) is 2.94. The number of halogens is 1. The van der Waals surface area contributed by atoms with Crippen LogP contribution in [0, 0.1) is 0 Å². The quantitative estimate of drug-likeness (QED) is 0.677. The number of rotatable bonds is 7. The predicted octanol–water partition coefficient (Wildman–Crippen LogP) is 4.37. The Morgan fingerprint density at radius 3 is 2.27 bits per heavy atom. The second kappa shape index (κ2) is 9.29. The van der Waals surface area contributed by atoms with E-state index in [1.807, 2.05) is 31.2 Å². The molecule has 0 aliphatic rings. The third-order valence-corrected chi connectivity index (χ3v) is 4.60. The van der Waals surface area contributed by atoms with Gasteiger partial charge in [-0.3, -0.25) is 4.79 Å². The average molecular weight is 420 g/mol. The molecule has 0 aliphatic carbocycles. The molecule has 0 spiro atoms. The lowest BCUT2D eigenvalue weighted by molar-refractivity contribution is -0.117. The number of carbonyl (C=O) groups is 1. The fraction of sp³-hybridized carbons (Fsp3) is 0.250. The molecule has 1 atom stereocenters. The van der Waals surface area contributed by atoms with E-state index in [0.29, 0.717) is 22.8 Å². The van der Waals surface area contributed by atoms with E-state index in [2.05, 4.69) is 21.2 Å². The van der Waals surface area contributed by atoms with Crippen LogP contribution in [0.25, 0.3) is 6.08 Å². The van der Waals surface area contributed by atoms with Gasteiger partial charge < -0.3 is 19.5 Å². The zero-order valence-electron chi connectivity index (χ0n) is 15.2. The van der Waals surface area contributed by atoms with E-state index >= 15 is 0 Å². The van der Waals surface area contributed by atoms with E-state index in [9.17, 15) is 4.79 Å². The Morgan fingerprint density at radius 2 is 1.65 bits per heavy atom. The zero-order chi connectivity index (χ0) is 19.1. The topological polar surface area (TPSA) is 56.8 Å². The molecule has 0 aromatic heterocycles. The van der Waals surface area contributed by atoms with Crippen LogP contribution < -0.4 is 19.5 Å². The first-order chi connectivity index (χ1) is 12.5. The number of amides is 1. The predicted molar refractivity (Wildman–Crippen MR) is 106 cm³/mol. The molecule has 26 heavy (non-hydrogen) atoms. The molecule has 0 saturated carbocycles. The molecular weight excluding hydrogens is 398 g/mol. The van der Waals surface area contributed by atoms with Crippen molar-refractivity contribution in [3.63, 3.8) is 0 Å². The monoisotopic (exact) mass is 419 g/mol.